The second kappa shape index (κ2) is 2.94. The van der Waals surface area contributed by atoms with Gasteiger partial charge in [-0.2, -0.15) is 0 Å². The summed E-state index contributed by atoms with van der Waals surface area (Å²) >= 11 is 0. The molecule has 1 heterocycles. The molecule has 1 aliphatic carbocycles. The quantitative estimate of drug-likeness (QED) is 0.585. The van der Waals surface area contributed by atoms with Crippen LogP contribution in [0.25, 0.3) is 0 Å². The number of hydrogen-bond acceptors (Lipinski definition) is 1. The molecule has 0 radical (unpaired) electrons. The second-order valence-corrected chi connectivity index (χ2v) is 5.17. The van der Waals surface area contributed by atoms with Gasteiger partial charge >= 0.3 is 0 Å². The van der Waals surface area contributed by atoms with Crippen molar-refractivity contribution in [1.82, 2.24) is 4.90 Å². The molecule has 1 saturated carbocycles. The van der Waals surface area contributed by atoms with Gasteiger partial charge < -0.3 is 4.90 Å². The summed E-state index contributed by atoms with van der Waals surface area (Å²) in [4.78, 5) is 13.7. The van der Waals surface area contributed by atoms with Gasteiger partial charge in [0.2, 0.25) is 5.91 Å². The van der Waals surface area contributed by atoms with Crippen LogP contribution in [0.4, 0.5) is 4.39 Å². The first-order valence-electron chi connectivity index (χ1n) is 5.40. The van der Waals surface area contributed by atoms with Crippen molar-refractivity contribution in [1.29, 1.82) is 0 Å². The Hall–Kier alpha value is -0.600. The predicted octanol–water partition coefficient (Wildman–Crippen LogP) is 2.14. The summed E-state index contributed by atoms with van der Waals surface area (Å²) in [7, 11) is 1.85. The van der Waals surface area contributed by atoms with Gasteiger partial charge in [-0.05, 0) is 39.0 Å². The van der Waals surface area contributed by atoms with E-state index in [1.807, 2.05) is 7.05 Å². The molecule has 2 rings (SSSR count). The van der Waals surface area contributed by atoms with Crippen LogP contribution in [-0.4, -0.2) is 30.1 Å². The van der Waals surface area contributed by atoms with Crippen molar-refractivity contribution in [3.05, 3.63) is 0 Å². The zero-order valence-electron chi connectivity index (χ0n) is 8.98. The zero-order valence-corrected chi connectivity index (χ0v) is 8.98. The van der Waals surface area contributed by atoms with Crippen LogP contribution in [0.5, 0.6) is 0 Å². The maximum absolute atomic E-state index is 13.6. The third-order valence-corrected chi connectivity index (χ3v) is 3.98. The normalized spacial score (nSPS) is 43.6. The highest BCUT2D eigenvalue weighted by molar-refractivity contribution is 5.84. The van der Waals surface area contributed by atoms with Gasteiger partial charge in [-0.25, -0.2) is 4.39 Å². The van der Waals surface area contributed by atoms with Gasteiger partial charge in [0.25, 0.3) is 0 Å². The number of rotatable bonds is 0. The summed E-state index contributed by atoms with van der Waals surface area (Å²) in [6.45, 7) is 2.50. The highest BCUT2D eigenvalue weighted by Crippen LogP contribution is 2.48. The lowest BCUT2D eigenvalue weighted by Crippen LogP contribution is -2.39. The van der Waals surface area contributed by atoms with Crippen LogP contribution in [-0.2, 0) is 4.79 Å². The molecule has 0 aromatic rings. The number of nitrogens with zero attached hydrogens (tertiary/aromatic N) is 1. The van der Waals surface area contributed by atoms with Crippen LogP contribution in [0.15, 0.2) is 0 Å². The average Bonchev–Trinajstić information content (AvgIpc) is 2.40. The van der Waals surface area contributed by atoms with Crippen molar-refractivity contribution in [3.63, 3.8) is 0 Å². The number of hydrogen-bond donors (Lipinski definition) is 0. The third kappa shape index (κ3) is 1.43. The molecule has 1 amide bonds. The van der Waals surface area contributed by atoms with E-state index in [-0.39, 0.29) is 11.3 Å². The van der Waals surface area contributed by atoms with Crippen LogP contribution in [0.3, 0.4) is 0 Å². The van der Waals surface area contributed by atoms with Crippen molar-refractivity contribution in [3.8, 4) is 0 Å². The molecule has 2 nitrogen and oxygen atoms in total. The number of alkyl halides is 1. The summed E-state index contributed by atoms with van der Waals surface area (Å²) in [6, 6.07) is 0. The van der Waals surface area contributed by atoms with Crippen molar-refractivity contribution >= 4 is 5.91 Å². The van der Waals surface area contributed by atoms with Crippen LogP contribution in [0.2, 0.25) is 0 Å². The number of amides is 1. The van der Waals surface area contributed by atoms with Crippen molar-refractivity contribution in [2.24, 2.45) is 5.41 Å². The molecule has 0 aromatic heterocycles. The van der Waals surface area contributed by atoms with Gasteiger partial charge in [-0.1, -0.05) is 0 Å². The Bertz CT molecular complexity index is 252. The first kappa shape index (κ1) is 9.94. The second-order valence-electron chi connectivity index (χ2n) is 5.17. The summed E-state index contributed by atoms with van der Waals surface area (Å²) in [5, 5.41) is 0. The minimum atomic E-state index is -1.04. The van der Waals surface area contributed by atoms with Crippen LogP contribution in [0, 0.1) is 5.41 Å². The summed E-state index contributed by atoms with van der Waals surface area (Å²) in [5.74, 6) is 0.244. The van der Waals surface area contributed by atoms with Crippen LogP contribution < -0.4 is 0 Å². The summed E-state index contributed by atoms with van der Waals surface area (Å²) in [6.07, 6.45) is 3.50. The fraction of sp³-hybridized carbons (Fsp3) is 0.909. The van der Waals surface area contributed by atoms with Gasteiger partial charge in [-0.15, -0.1) is 0 Å². The Morgan fingerprint density at radius 2 is 1.79 bits per heavy atom. The maximum atomic E-state index is 13.6. The zero-order chi connectivity index (χ0) is 10.4. The Balaban J connectivity index is 2.10. The molecule has 2 fully saturated rings. The van der Waals surface area contributed by atoms with E-state index < -0.39 is 5.67 Å². The van der Waals surface area contributed by atoms with Crippen LogP contribution in [0.1, 0.15) is 39.0 Å². The smallest absolute Gasteiger partial charge is 0.228 e. The van der Waals surface area contributed by atoms with Gasteiger partial charge in [-0.3, -0.25) is 4.79 Å². The average molecular weight is 199 g/mol. The molecule has 0 bridgehead atoms. The van der Waals surface area contributed by atoms with Gasteiger partial charge in [0.05, 0.1) is 5.41 Å². The molecule has 0 N–H and O–H groups in total. The van der Waals surface area contributed by atoms with Crippen molar-refractivity contribution in [2.75, 3.05) is 13.6 Å². The lowest BCUT2D eigenvalue weighted by atomic mass is 9.69. The van der Waals surface area contributed by atoms with Crippen LogP contribution >= 0.6 is 0 Å². The molecule has 3 heteroatoms. The maximum Gasteiger partial charge on any atom is 0.228 e. The Morgan fingerprint density at radius 3 is 2.21 bits per heavy atom. The van der Waals surface area contributed by atoms with E-state index in [1.54, 1.807) is 11.8 Å². The third-order valence-electron chi connectivity index (χ3n) is 3.98. The highest BCUT2D eigenvalue weighted by Gasteiger charge is 2.49. The number of halogens is 1. The minimum absolute atomic E-state index is 0.194. The van der Waals surface area contributed by atoms with Gasteiger partial charge in [0.15, 0.2) is 0 Å². The molecule has 1 aliphatic heterocycles. The lowest BCUT2D eigenvalue weighted by molar-refractivity contribution is -0.137. The largest absolute Gasteiger partial charge is 0.345 e. The summed E-state index contributed by atoms with van der Waals surface area (Å²) in [5.41, 5.74) is -1.23. The van der Waals surface area contributed by atoms with E-state index in [9.17, 15) is 9.18 Å². The fourth-order valence-electron chi connectivity index (χ4n) is 2.71. The number of likely N-dealkylation sites (tertiary alicyclic amines) is 1. The van der Waals surface area contributed by atoms with E-state index in [1.165, 1.54) is 0 Å². The topological polar surface area (TPSA) is 20.3 Å². The molecular weight excluding hydrogens is 181 g/mol. The molecule has 14 heavy (non-hydrogen) atoms. The number of carbonyl (C=O) groups is 1. The van der Waals surface area contributed by atoms with E-state index in [0.29, 0.717) is 12.8 Å². The molecule has 0 atom stereocenters. The standard InChI is InChI=1S/C11H18FNO/c1-10(12)3-5-11(6-4-10)7-8-13(2)9(11)14/h3-8H2,1-2H3. The SMILES string of the molecule is CN1CCC2(CCC(C)(F)CC2)C1=O. The van der Waals surface area contributed by atoms with E-state index >= 15 is 0 Å². The van der Waals surface area contributed by atoms with E-state index in [0.717, 1.165) is 25.8 Å². The Labute approximate surface area is 84.5 Å². The molecule has 0 aromatic carbocycles. The molecule has 1 saturated heterocycles. The first-order chi connectivity index (χ1) is 6.45. The lowest BCUT2D eigenvalue weighted by Gasteiger charge is -2.37. The monoisotopic (exact) mass is 199 g/mol. The van der Waals surface area contributed by atoms with Gasteiger partial charge in [0.1, 0.15) is 5.67 Å². The minimum Gasteiger partial charge on any atom is -0.345 e. The molecule has 1 spiro atoms. The predicted molar refractivity (Wildman–Crippen MR) is 52.7 cm³/mol. The molecule has 2 aliphatic rings. The molecule has 0 unspecified atom stereocenters. The van der Waals surface area contributed by atoms with E-state index in [4.69, 9.17) is 0 Å². The van der Waals surface area contributed by atoms with E-state index in [2.05, 4.69) is 0 Å². The van der Waals surface area contributed by atoms with Gasteiger partial charge in [0, 0.05) is 13.6 Å². The molecule has 80 valence electrons. The first-order valence-corrected chi connectivity index (χ1v) is 5.40. The number of carbonyl (C=O) groups excluding carboxylic acids is 1. The summed E-state index contributed by atoms with van der Waals surface area (Å²) < 4.78 is 13.6. The Morgan fingerprint density at radius 1 is 1.21 bits per heavy atom. The fourth-order valence-corrected chi connectivity index (χ4v) is 2.71. The molecular formula is C11H18FNO. The van der Waals surface area contributed by atoms with Crippen molar-refractivity contribution < 1.29 is 9.18 Å². The highest BCUT2D eigenvalue weighted by atomic mass is 19.1. The Kier molecular flexibility index (Phi) is 2.09. The van der Waals surface area contributed by atoms with Crippen molar-refractivity contribution in [2.45, 2.75) is 44.7 Å².